The first-order valence-electron chi connectivity index (χ1n) is 4.05. The summed E-state index contributed by atoms with van der Waals surface area (Å²) in [5.74, 6) is -0.405. The van der Waals surface area contributed by atoms with E-state index in [1.165, 1.54) is 12.0 Å². The largest absolute Gasteiger partial charge is 0.364 e. The number of hydrogen-bond acceptors (Lipinski definition) is 5. The van der Waals surface area contributed by atoms with Crippen LogP contribution in [0.1, 0.15) is 0 Å². The average Bonchev–Trinajstić information content (AvgIpc) is 2.09. The molecule has 0 heterocycles. The number of amides is 1. The zero-order chi connectivity index (χ0) is 11.2. The molecule has 14 heavy (non-hydrogen) atoms. The molecule has 0 aliphatic rings. The van der Waals surface area contributed by atoms with Gasteiger partial charge in [0.15, 0.2) is 0 Å². The first-order chi connectivity index (χ1) is 6.40. The highest BCUT2D eigenvalue weighted by Gasteiger charge is 2.13. The van der Waals surface area contributed by atoms with Crippen LogP contribution in [0.3, 0.4) is 0 Å². The van der Waals surface area contributed by atoms with E-state index in [2.05, 4.69) is 0 Å². The van der Waals surface area contributed by atoms with E-state index in [0.29, 0.717) is 0 Å². The summed E-state index contributed by atoms with van der Waals surface area (Å²) < 4.78 is 26.4. The van der Waals surface area contributed by atoms with Gasteiger partial charge in [-0.15, -0.1) is 0 Å². The van der Waals surface area contributed by atoms with Gasteiger partial charge in [0, 0.05) is 19.9 Å². The Balaban J connectivity index is 4.17. The summed E-state index contributed by atoms with van der Waals surface area (Å²) in [4.78, 5) is 12.4. The minimum Gasteiger partial charge on any atom is -0.364 e. The minimum absolute atomic E-state index is 0.0611. The summed E-state index contributed by atoms with van der Waals surface area (Å²) in [6, 6.07) is 0. The molecule has 0 saturated carbocycles. The van der Waals surface area contributed by atoms with E-state index in [1.54, 1.807) is 0 Å². The van der Waals surface area contributed by atoms with Crippen LogP contribution >= 0.6 is 0 Å². The van der Waals surface area contributed by atoms with Gasteiger partial charge in [0.05, 0.1) is 12.3 Å². The van der Waals surface area contributed by atoms with Crippen molar-refractivity contribution in [3.8, 4) is 0 Å². The number of hydrogen-bond donors (Lipinski definition) is 1. The monoisotopic (exact) mass is 224 g/mol. The molecule has 0 fully saturated rings. The third kappa shape index (κ3) is 5.90. The molecule has 0 aromatic carbocycles. The van der Waals surface area contributed by atoms with Crippen LogP contribution in [0.4, 0.5) is 0 Å². The Morgan fingerprint density at radius 1 is 1.50 bits per heavy atom. The third-order valence-electron chi connectivity index (χ3n) is 1.54. The normalized spacial score (nSPS) is 11.4. The van der Waals surface area contributed by atoms with Crippen molar-refractivity contribution in [1.29, 1.82) is 0 Å². The van der Waals surface area contributed by atoms with Crippen molar-refractivity contribution in [2.45, 2.75) is 0 Å². The molecular weight excluding hydrogens is 208 g/mol. The Bertz CT molecular complexity index is 275. The van der Waals surface area contributed by atoms with Crippen LogP contribution in [0.15, 0.2) is 0 Å². The summed E-state index contributed by atoms with van der Waals surface area (Å²) in [5, 5.41) is 0. The molecule has 0 unspecified atom stereocenters. The van der Waals surface area contributed by atoms with Gasteiger partial charge in [0.25, 0.3) is 0 Å². The fourth-order valence-corrected chi connectivity index (χ4v) is 1.37. The first-order valence-corrected chi connectivity index (χ1v) is 6.11. The molecule has 0 atom stereocenters. The molecule has 0 saturated heterocycles. The molecule has 0 radical (unpaired) electrons. The number of carbonyl (C=O) groups is 1. The second-order valence-corrected chi connectivity index (χ2v) is 5.17. The number of ether oxygens (including phenoxy) is 1. The predicted molar refractivity (Wildman–Crippen MR) is 52.4 cm³/mol. The molecule has 6 nitrogen and oxygen atoms in total. The van der Waals surface area contributed by atoms with Crippen LogP contribution in [0.25, 0.3) is 0 Å². The van der Waals surface area contributed by atoms with Crippen molar-refractivity contribution < 1.29 is 17.9 Å². The summed E-state index contributed by atoms with van der Waals surface area (Å²) in [5.41, 5.74) is 5.15. The molecule has 1 amide bonds. The van der Waals surface area contributed by atoms with Gasteiger partial charge in [-0.1, -0.05) is 0 Å². The lowest BCUT2D eigenvalue weighted by atomic mass is 10.5. The van der Waals surface area contributed by atoms with Crippen molar-refractivity contribution in [3.05, 3.63) is 0 Å². The summed E-state index contributed by atoms with van der Waals surface area (Å²) in [6.45, 7) is 0.0291. The van der Waals surface area contributed by atoms with Gasteiger partial charge < -0.3 is 15.4 Å². The van der Waals surface area contributed by atoms with E-state index in [1.807, 2.05) is 0 Å². The van der Waals surface area contributed by atoms with Crippen molar-refractivity contribution >= 4 is 15.7 Å². The maximum atomic E-state index is 11.1. The highest BCUT2D eigenvalue weighted by atomic mass is 32.2. The molecule has 84 valence electrons. The van der Waals surface area contributed by atoms with E-state index in [4.69, 9.17) is 10.5 Å². The molecule has 0 aliphatic carbocycles. The van der Waals surface area contributed by atoms with E-state index in [-0.39, 0.29) is 31.5 Å². The number of rotatable bonds is 6. The van der Waals surface area contributed by atoms with Crippen LogP contribution in [-0.4, -0.2) is 58.2 Å². The Kier molecular flexibility index (Phi) is 5.66. The van der Waals surface area contributed by atoms with E-state index in [9.17, 15) is 13.2 Å². The van der Waals surface area contributed by atoms with Crippen LogP contribution < -0.4 is 5.73 Å². The Morgan fingerprint density at radius 2 is 2.07 bits per heavy atom. The highest BCUT2D eigenvalue weighted by Crippen LogP contribution is 1.92. The standard InChI is InChI=1S/C7H16N2O4S/c1-13-6-9(7(10)5-8)3-4-14(2,11)12/h3-6,8H2,1-2H3. The van der Waals surface area contributed by atoms with Gasteiger partial charge in [-0.25, -0.2) is 8.42 Å². The summed E-state index contributed by atoms with van der Waals surface area (Å²) in [6.07, 6.45) is 1.12. The Labute approximate surface area is 83.9 Å². The Morgan fingerprint density at radius 3 is 2.43 bits per heavy atom. The molecule has 0 aromatic heterocycles. The lowest BCUT2D eigenvalue weighted by Gasteiger charge is -2.20. The first kappa shape index (κ1) is 13.3. The second-order valence-electron chi connectivity index (χ2n) is 2.91. The van der Waals surface area contributed by atoms with Crippen molar-refractivity contribution in [2.75, 3.05) is 38.9 Å². The zero-order valence-corrected chi connectivity index (χ0v) is 9.21. The van der Waals surface area contributed by atoms with E-state index in [0.717, 1.165) is 6.26 Å². The maximum absolute atomic E-state index is 11.1. The van der Waals surface area contributed by atoms with E-state index < -0.39 is 9.84 Å². The molecule has 0 rings (SSSR count). The fourth-order valence-electron chi connectivity index (χ4n) is 0.822. The third-order valence-corrected chi connectivity index (χ3v) is 2.47. The second kappa shape index (κ2) is 5.94. The smallest absolute Gasteiger partial charge is 0.238 e. The van der Waals surface area contributed by atoms with Crippen LogP contribution in [0.5, 0.6) is 0 Å². The molecule has 2 N–H and O–H groups in total. The number of carbonyl (C=O) groups excluding carboxylic acids is 1. The van der Waals surface area contributed by atoms with Crippen LogP contribution in [0, 0.1) is 0 Å². The number of sulfone groups is 1. The minimum atomic E-state index is -3.07. The molecule has 0 aromatic rings. The van der Waals surface area contributed by atoms with Gasteiger partial charge in [0.1, 0.15) is 16.6 Å². The Hall–Kier alpha value is -0.660. The lowest BCUT2D eigenvalue weighted by Crippen LogP contribution is -2.40. The number of nitrogens with zero attached hydrogens (tertiary/aromatic N) is 1. The van der Waals surface area contributed by atoms with Gasteiger partial charge in [0.2, 0.25) is 5.91 Å². The average molecular weight is 224 g/mol. The number of methoxy groups -OCH3 is 1. The van der Waals surface area contributed by atoms with Crippen LogP contribution in [0.2, 0.25) is 0 Å². The lowest BCUT2D eigenvalue weighted by molar-refractivity contribution is -0.133. The topological polar surface area (TPSA) is 89.7 Å². The van der Waals surface area contributed by atoms with Crippen molar-refractivity contribution in [3.63, 3.8) is 0 Å². The van der Waals surface area contributed by atoms with Crippen LogP contribution in [-0.2, 0) is 19.4 Å². The molecule has 7 heteroatoms. The predicted octanol–water partition coefficient (Wildman–Crippen LogP) is -1.58. The summed E-state index contributed by atoms with van der Waals surface area (Å²) >= 11 is 0. The zero-order valence-electron chi connectivity index (χ0n) is 8.39. The summed E-state index contributed by atoms with van der Waals surface area (Å²) in [7, 11) is -1.64. The van der Waals surface area contributed by atoms with Crippen molar-refractivity contribution in [2.24, 2.45) is 5.73 Å². The highest BCUT2D eigenvalue weighted by molar-refractivity contribution is 7.90. The number of nitrogens with two attached hydrogens (primary N) is 1. The van der Waals surface area contributed by atoms with Gasteiger partial charge in [-0.2, -0.15) is 0 Å². The maximum Gasteiger partial charge on any atom is 0.238 e. The quantitative estimate of drug-likeness (QED) is 0.550. The van der Waals surface area contributed by atoms with Gasteiger partial charge in [-0.05, 0) is 0 Å². The van der Waals surface area contributed by atoms with Crippen molar-refractivity contribution in [1.82, 2.24) is 4.90 Å². The molecule has 0 bridgehead atoms. The van der Waals surface area contributed by atoms with Gasteiger partial charge >= 0.3 is 0 Å². The molecular formula is C7H16N2O4S. The SMILES string of the molecule is COCN(CCS(C)(=O)=O)C(=O)CN. The van der Waals surface area contributed by atoms with E-state index >= 15 is 0 Å². The fraction of sp³-hybridized carbons (Fsp3) is 0.857. The molecule has 0 aliphatic heterocycles. The molecule has 0 spiro atoms. The van der Waals surface area contributed by atoms with Gasteiger partial charge in [-0.3, -0.25) is 4.79 Å².